The van der Waals surface area contributed by atoms with E-state index >= 15 is 0 Å². The lowest BCUT2D eigenvalue weighted by molar-refractivity contribution is 0.0928. The number of nitrogens with zero attached hydrogens (tertiary/aromatic N) is 2. The third-order valence-corrected chi connectivity index (χ3v) is 5.58. The highest BCUT2D eigenvalue weighted by Gasteiger charge is 2.23. The monoisotopic (exact) mass is 441 g/mol. The molecule has 0 radical (unpaired) electrons. The molecule has 2 aromatic carbocycles. The summed E-state index contributed by atoms with van der Waals surface area (Å²) < 4.78 is 15.0. The fourth-order valence-corrected chi connectivity index (χ4v) is 3.52. The molecule has 0 bridgehead atoms. The third-order valence-electron chi connectivity index (χ3n) is 5.21. The van der Waals surface area contributed by atoms with Gasteiger partial charge in [-0.1, -0.05) is 62.7 Å². The van der Waals surface area contributed by atoms with Gasteiger partial charge < -0.3 is 5.32 Å². The summed E-state index contributed by atoms with van der Waals surface area (Å²) in [6.45, 7) is 8.57. The molecule has 1 unspecified atom stereocenters. The van der Waals surface area contributed by atoms with Gasteiger partial charge >= 0.3 is 0 Å². The van der Waals surface area contributed by atoms with Crippen molar-refractivity contribution >= 4 is 17.5 Å². The van der Waals surface area contributed by atoms with E-state index in [0.29, 0.717) is 12.2 Å². The fourth-order valence-electron chi connectivity index (χ4n) is 3.29. The van der Waals surface area contributed by atoms with Gasteiger partial charge in [-0.25, -0.2) is 4.39 Å². The molecule has 3 rings (SSSR count). The van der Waals surface area contributed by atoms with Crippen LogP contribution in [0.25, 0.3) is 0 Å². The Morgan fingerprint density at radius 2 is 1.84 bits per heavy atom. The van der Waals surface area contributed by atoms with Crippen LogP contribution in [0, 0.1) is 5.82 Å². The van der Waals surface area contributed by atoms with E-state index in [9.17, 15) is 9.18 Å². The molecule has 1 N–H and O–H groups in total. The molecule has 1 amide bonds. The van der Waals surface area contributed by atoms with Crippen LogP contribution in [0.4, 0.5) is 4.39 Å². The molecular formula is C25H29ClFN3O. The van der Waals surface area contributed by atoms with Crippen LogP contribution >= 0.6 is 11.6 Å². The van der Waals surface area contributed by atoms with E-state index in [1.54, 1.807) is 16.8 Å². The molecule has 0 aliphatic carbocycles. The number of carbonyl (C=O) groups excluding carboxylic acids is 1. The van der Waals surface area contributed by atoms with Crippen LogP contribution in [0.2, 0.25) is 5.02 Å². The molecule has 0 saturated carbocycles. The van der Waals surface area contributed by atoms with Crippen molar-refractivity contribution in [3.63, 3.8) is 0 Å². The van der Waals surface area contributed by atoms with Gasteiger partial charge in [0.15, 0.2) is 0 Å². The van der Waals surface area contributed by atoms with Crippen molar-refractivity contribution in [2.75, 3.05) is 0 Å². The molecule has 1 heterocycles. The maximum absolute atomic E-state index is 13.3. The van der Waals surface area contributed by atoms with Gasteiger partial charge in [0.2, 0.25) is 0 Å². The van der Waals surface area contributed by atoms with E-state index in [2.05, 4.69) is 31.2 Å². The number of aryl methyl sites for hydroxylation is 1. The average Bonchev–Trinajstić information content (AvgIpc) is 3.13. The zero-order chi connectivity index (χ0) is 22.6. The molecule has 6 heteroatoms. The summed E-state index contributed by atoms with van der Waals surface area (Å²) in [5.41, 5.74) is 3.09. The normalized spacial score (nSPS) is 12.6. The summed E-state index contributed by atoms with van der Waals surface area (Å²) in [5.74, 6) is -0.457. The van der Waals surface area contributed by atoms with E-state index in [1.165, 1.54) is 12.1 Å². The standard InChI is InChI=1S/C25H29ClFN3O/c1-17(9-12-19-7-5-6-8-21(19)26)28-24(31)22-15-23(25(2,3)4)29-30(22)16-18-10-13-20(27)14-11-18/h5-8,10-11,13-15,17H,9,12,16H2,1-4H3,(H,28,31). The summed E-state index contributed by atoms with van der Waals surface area (Å²) in [4.78, 5) is 13.1. The van der Waals surface area contributed by atoms with Crippen molar-refractivity contribution in [1.82, 2.24) is 15.1 Å². The van der Waals surface area contributed by atoms with Gasteiger partial charge in [-0.05, 0) is 55.2 Å². The van der Waals surface area contributed by atoms with Gasteiger partial charge in [0.25, 0.3) is 5.91 Å². The first-order valence-electron chi connectivity index (χ1n) is 10.5. The number of nitrogens with one attached hydrogen (secondary N) is 1. The number of rotatable bonds is 7. The second-order valence-electron chi connectivity index (χ2n) is 8.95. The Labute approximate surface area is 188 Å². The second-order valence-corrected chi connectivity index (χ2v) is 9.36. The largest absolute Gasteiger partial charge is 0.348 e. The number of carbonyl (C=O) groups is 1. The third kappa shape index (κ3) is 6.17. The minimum absolute atomic E-state index is 0.0315. The highest BCUT2D eigenvalue weighted by Crippen LogP contribution is 2.23. The lowest BCUT2D eigenvalue weighted by Gasteiger charge is -2.15. The van der Waals surface area contributed by atoms with Gasteiger partial charge in [0.1, 0.15) is 11.5 Å². The first kappa shape index (κ1) is 23.0. The Balaban J connectivity index is 1.74. The number of halogens is 2. The molecular weight excluding hydrogens is 413 g/mol. The van der Waals surface area contributed by atoms with Crippen molar-refractivity contribution in [2.24, 2.45) is 0 Å². The van der Waals surface area contributed by atoms with E-state index in [0.717, 1.165) is 34.7 Å². The summed E-state index contributed by atoms with van der Waals surface area (Å²) in [5, 5.41) is 8.50. The minimum atomic E-state index is -0.287. The first-order valence-corrected chi connectivity index (χ1v) is 10.9. The molecule has 164 valence electrons. The number of hydrogen-bond acceptors (Lipinski definition) is 2. The van der Waals surface area contributed by atoms with E-state index in [4.69, 9.17) is 11.6 Å². The van der Waals surface area contributed by atoms with Crippen molar-refractivity contribution in [3.8, 4) is 0 Å². The molecule has 1 atom stereocenters. The van der Waals surface area contributed by atoms with E-state index in [1.807, 2.05) is 37.3 Å². The Bertz CT molecular complexity index is 1040. The van der Waals surface area contributed by atoms with Crippen LogP contribution in [-0.4, -0.2) is 21.7 Å². The molecule has 0 aliphatic heterocycles. The van der Waals surface area contributed by atoms with Gasteiger partial charge in [-0.3, -0.25) is 9.48 Å². The number of amides is 1. The predicted octanol–water partition coefficient (Wildman–Crippen LogP) is 5.77. The van der Waals surface area contributed by atoms with Gasteiger partial charge in [0.05, 0.1) is 12.2 Å². The quantitative estimate of drug-likeness (QED) is 0.505. The topological polar surface area (TPSA) is 46.9 Å². The molecule has 0 saturated heterocycles. The molecule has 31 heavy (non-hydrogen) atoms. The van der Waals surface area contributed by atoms with Crippen LogP contribution in [0.15, 0.2) is 54.6 Å². The number of benzene rings is 2. The van der Waals surface area contributed by atoms with E-state index < -0.39 is 0 Å². The van der Waals surface area contributed by atoms with Gasteiger partial charge in [-0.15, -0.1) is 0 Å². The summed E-state index contributed by atoms with van der Waals surface area (Å²) >= 11 is 6.24. The van der Waals surface area contributed by atoms with Crippen LogP contribution in [0.3, 0.4) is 0 Å². The van der Waals surface area contributed by atoms with Crippen LogP contribution in [0.1, 0.15) is 61.4 Å². The zero-order valence-corrected chi connectivity index (χ0v) is 19.2. The Hall–Kier alpha value is -2.66. The molecule has 4 nitrogen and oxygen atoms in total. The van der Waals surface area contributed by atoms with Crippen LogP contribution < -0.4 is 5.32 Å². The van der Waals surface area contributed by atoms with Crippen LogP contribution in [0.5, 0.6) is 0 Å². The maximum Gasteiger partial charge on any atom is 0.269 e. The molecule has 0 fully saturated rings. The summed E-state index contributed by atoms with van der Waals surface area (Å²) in [7, 11) is 0. The molecule has 1 aromatic heterocycles. The maximum atomic E-state index is 13.3. The smallest absolute Gasteiger partial charge is 0.269 e. The average molecular weight is 442 g/mol. The fraction of sp³-hybridized carbons (Fsp3) is 0.360. The van der Waals surface area contributed by atoms with Crippen molar-refractivity contribution < 1.29 is 9.18 Å². The first-order chi connectivity index (χ1) is 14.6. The highest BCUT2D eigenvalue weighted by atomic mass is 35.5. The van der Waals surface area contributed by atoms with Crippen molar-refractivity contribution in [2.45, 2.75) is 58.5 Å². The van der Waals surface area contributed by atoms with Crippen molar-refractivity contribution in [3.05, 3.63) is 88.0 Å². The molecule has 0 spiro atoms. The second kappa shape index (κ2) is 9.65. The lowest BCUT2D eigenvalue weighted by atomic mass is 9.92. The summed E-state index contributed by atoms with van der Waals surface area (Å²) in [6, 6.07) is 15.8. The Morgan fingerprint density at radius 3 is 2.48 bits per heavy atom. The van der Waals surface area contributed by atoms with Crippen molar-refractivity contribution in [1.29, 1.82) is 0 Å². The number of aromatic nitrogens is 2. The number of hydrogen-bond donors (Lipinski definition) is 1. The van der Waals surface area contributed by atoms with Gasteiger partial charge in [-0.2, -0.15) is 5.10 Å². The lowest BCUT2D eigenvalue weighted by Crippen LogP contribution is -2.34. The summed E-state index contributed by atoms with van der Waals surface area (Å²) in [6.07, 6.45) is 1.55. The Morgan fingerprint density at radius 1 is 1.16 bits per heavy atom. The van der Waals surface area contributed by atoms with Gasteiger partial charge in [0, 0.05) is 16.5 Å². The SMILES string of the molecule is CC(CCc1ccccc1Cl)NC(=O)c1cc(C(C)(C)C)nn1Cc1ccc(F)cc1. The molecule has 0 aliphatic rings. The predicted molar refractivity (Wildman–Crippen MR) is 123 cm³/mol. The zero-order valence-electron chi connectivity index (χ0n) is 18.5. The highest BCUT2D eigenvalue weighted by molar-refractivity contribution is 6.31. The van der Waals surface area contributed by atoms with E-state index in [-0.39, 0.29) is 23.2 Å². The Kier molecular flexibility index (Phi) is 7.16. The van der Waals surface area contributed by atoms with Crippen LogP contribution in [-0.2, 0) is 18.4 Å². The minimum Gasteiger partial charge on any atom is -0.348 e. The molecule has 3 aromatic rings.